The number of rotatable bonds is 5. The van der Waals surface area contributed by atoms with E-state index in [9.17, 15) is 4.39 Å². The van der Waals surface area contributed by atoms with Gasteiger partial charge in [-0.1, -0.05) is 48.5 Å². The van der Waals surface area contributed by atoms with Gasteiger partial charge >= 0.3 is 0 Å². The largest absolute Gasteiger partial charge is 0.356 e. The average molecular weight is 311 g/mol. The maximum atomic E-state index is 13.6. The van der Waals surface area contributed by atoms with Crippen LogP contribution < -0.4 is 10.6 Å². The van der Waals surface area contributed by atoms with Gasteiger partial charge < -0.3 is 10.6 Å². The lowest BCUT2D eigenvalue weighted by Crippen LogP contribution is -2.40. The number of aliphatic imine (C=N–C) groups is 1. The van der Waals surface area contributed by atoms with Gasteiger partial charge in [0, 0.05) is 25.6 Å². The first-order valence-electron chi connectivity index (χ1n) is 8.03. The third-order valence-corrected chi connectivity index (χ3v) is 4.21. The smallest absolute Gasteiger partial charge is 0.191 e. The van der Waals surface area contributed by atoms with Crippen LogP contribution in [-0.2, 0) is 6.42 Å². The number of guanidine groups is 1. The Morgan fingerprint density at radius 1 is 1.13 bits per heavy atom. The van der Waals surface area contributed by atoms with Crippen molar-refractivity contribution in [3.8, 4) is 0 Å². The Bertz CT molecular complexity index is 669. The number of hydrogen-bond donors (Lipinski definition) is 2. The van der Waals surface area contributed by atoms with Gasteiger partial charge in [-0.2, -0.15) is 0 Å². The van der Waals surface area contributed by atoms with Crippen molar-refractivity contribution in [1.29, 1.82) is 0 Å². The fraction of sp³-hybridized carbons (Fsp3) is 0.316. The lowest BCUT2D eigenvalue weighted by Gasteiger charge is -2.12. The molecule has 2 aromatic rings. The summed E-state index contributed by atoms with van der Waals surface area (Å²) in [6.45, 7) is 0.656. The molecule has 1 saturated carbocycles. The Morgan fingerprint density at radius 2 is 1.87 bits per heavy atom. The lowest BCUT2D eigenvalue weighted by molar-refractivity contribution is 0.606. The molecular formula is C19H22FN3. The van der Waals surface area contributed by atoms with Gasteiger partial charge in [0.05, 0.1) is 0 Å². The molecular weight excluding hydrogens is 289 g/mol. The Hall–Kier alpha value is -2.36. The number of halogens is 1. The van der Waals surface area contributed by atoms with E-state index in [4.69, 9.17) is 0 Å². The van der Waals surface area contributed by atoms with Crippen LogP contribution in [-0.4, -0.2) is 25.6 Å². The second-order valence-electron chi connectivity index (χ2n) is 5.84. The molecule has 2 atom stereocenters. The third-order valence-electron chi connectivity index (χ3n) is 4.21. The van der Waals surface area contributed by atoms with Crippen molar-refractivity contribution >= 4 is 5.96 Å². The van der Waals surface area contributed by atoms with E-state index in [0.29, 0.717) is 24.9 Å². The molecule has 2 unspecified atom stereocenters. The van der Waals surface area contributed by atoms with Crippen molar-refractivity contribution in [2.75, 3.05) is 13.6 Å². The third kappa shape index (κ3) is 4.09. The van der Waals surface area contributed by atoms with Gasteiger partial charge in [-0.15, -0.1) is 0 Å². The van der Waals surface area contributed by atoms with Gasteiger partial charge in [-0.3, -0.25) is 4.99 Å². The summed E-state index contributed by atoms with van der Waals surface area (Å²) in [6.07, 6.45) is 1.76. The SMILES string of the molecule is CN=C(NCCc1ccccc1F)NC1CC1c1ccccc1. The zero-order valence-electron chi connectivity index (χ0n) is 13.3. The van der Waals surface area contributed by atoms with Crippen molar-refractivity contribution in [1.82, 2.24) is 10.6 Å². The van der Waals surface area contributed by atoms with Crippen LogP contribution in [0.4, 0.5) is 4.39 Å². The van der Waals surface area contributed by atoms with E-state index >= 15 is 0 Å². The zero-order chi connectivity index (χ0) is 16.1. The fourth-order valence-electron chi connectivity index (χ4n) is 2.81. The molecule has 120 valence electrons. The average Bonchev–Trinajstić information content (AvgIpc) is 3.35. The van der Waals surface area contributed by atoms with Gasteiger partial charge in [0.15, 0.2) is 5.96 Å². The normalized spacial score (nSPS) is 20.2. The topological polar surface area (TPSA) is 36.4 Å². The molecule has 4 heteroatoms. The summed E-state index contributed by atoms with van der Waals surface area (Å²) in [4.78, 5) is 4.25. The van der Waals surface area contributed by atoms with Crippen molar-refractivity contribution in [3.05, 3.63) is 71.5 Å². The molecule has 0 heterocycles. The maximum absolute atomic E-state index is 13.6. The highest BCUT2D eigenvalue weighted by Crippen LogP contribution is 2.40. The molecule has 0 aliphatic heterocycles. The molecule has 3 nitrogen and oxygen atoms in total. The van der Waals surface area contributed by atoms with Crippen LogP contribution >= 0.6 is 0 Å². The second-order valence-corrected chi connectivity index (χ2v) is 5.84. The molecule has 0 bridgehead atoms. The fourth-order valence-corrected chi connectivity index (χ4v) is 2.81. The Morgan fingerprint density at radius 3 is 2.61 bits per heavy atom. The van der Waals surface area contributed by atoms with Crippen LogP contribution in [0.3, 0.4) is 0 Å². The first-order chi connectivity index (χ1) is 11.3. The van der Waals surface area contributed by atoms with E-state index in [-0.39, 0.29) is 5.82 Å². The monoisotopic (exact) mass is 311 g/mol. The van der Waals surface area contributed by atoms with Crippen molar-refractivity contribution < 1.29 is 4.39 Å². The molecule has 0 saturated heterocycles. The van der Waals surface area contributed by atoms with Crippen LogP contribution in [0.2, 0.25) is 0 Å². The van der Waals surface area contributed by atoms with Gasteiger partial charge in [0.1, 0.15) is 5.82 Å². The molecule has 2 N–H and O–H groups in total. The lowest BCUT2D eigenvalue weighted by atomic mass is 10.1. The van der Waals surface area contributed by atoms with E-state index in [1.807, 2.05) is 18.2 Å². The molecule has 1 aliphatic carbocycles. The van der Waals surface area contributed by atoms with Gasteiger partial charge in [0.25, 0.3) is 0 Å². The number of nitrogens with one attached hydrogen (secondary N) is 2. The van der Waals surface area contributed by atoms with Crippen LogP contribution in [0.25, 0.3) is 0 Å². The molecule has 23 heavy (non-hydrogen) atoms. The quantitative estimate of drug-likeness (QED) is 0.657. The molecule has 1 fully saturated rings. The number of hydrogen-bond acceptors (Lipinski definition) is 1. The summed E-state index contributed by atoms with van der Waals surface area (Å²) in [5, 5.41) is 6.70. The van der Waals surface area contributed by atoms with Gasteiger partial charge in [-0.25, -0.2) is 4.39 Å². The summed E-state index contributed by atoms with van der Waals surface area (Å²) in [6, 6.07) is 17.8. The molecule has 0 radical (unpaired) electrons. The van der Waals surface area contributed by atoms with E-state index in [0.717, 1.165) is 17.9 Å². The highest BCUT2D eigenvalue weighted by atomic mass is 19.1. The Balaban J connectivity index is 1.46. The summed E-state index contributed by atoms with van der Waals surface area (Å²) >= 11 is 0. The predicted molar refractivity (Wildman–Crippen MR) is 92.2 cm³/mol. The molecule has 2 aromatic carbocycles. The Kier molecular flexibility index (Phi) is 4.91. The minimum absolute atomic E-state index is 0.149. The molecule has 3 rings (SSSR count). The zero-order valence-corrected chi connectivity index (χ0v) is 13.3. The van der Waals surface area contributed by atoms with Crippen molar-refractivity contribution in [3.63, 3.8) is 0 Å². The first kappa shape index (κ1) is 15.5. The highest BCUT2D eigenvalue weighted by Gasteiger charge is 2.38. The standard InChI is InChI=1S/C19H22FN3/c1-21-19(22-12-11-15-9-5-6-10-17(15)20)23-18-13-16(18)14-7-3-2-4-8-14/h2-10,16,18H,11-13H2,1H3,(H2,21,22,23). The molecule has 0 spiro atoms. The van der Waals surface area contributed by atoms with E-state index < -0.39 is 0 Å². The van der Waals surface area contributed by atoms with Crippen molar-refractivity contribution in [2.45, 2.75) is 24.8 Å². The summed E-state index contributed by atoms with van der Waals surface area (Å²) in [5.74, 6) is 1.19. The van der Waals surface area contributed by atoms with Crippen LogP contribution in [0.5, 0.6) is 0 Å². The summed E-state index contributed by atoms with van der Waals surface area (Å²) in [7, 11) is 1.76. The van der Waals surface area contributed by atoms with E-state index in [1.165, 1.54) is 11.6 Å². The van der Waals surface area contributed by atoms with Crippen LogP contribution in [0, 0.1) is 5.82 Å². The molecule has 0 aromatic heterocycles. The predicted octanol–water partition coefficient (Wildman–Crippen LogP) is 3.09. The second kappa shape index (κ2) is 7.27. The maximum Gasteiger partial charge on any atom is 0.191 e. The minimum atomic E-state index is -0.149. The van der Waals surface area contributed by atoms with E-state index in [1.54, 1.807) is 13.1 Å². The van der Waals surface area contributed by atoms with Crippen LogP contribution in [0.1, 0.15) is 23.5 Å². The van der Waals surface area contributed by atoms with Crippen LogP contribution in [0.15, 0.2) is 59.6 Å². The van der Waals surface area contributed by atoms with Gasteiger partial charge in [0.2, 0.25) is 0 Å². The van der Waals surface area contributed by atoms with Crippen molar-refractivity contribution in [2.24, 2.45) is 4.99 Å². The summed E-state index contributed by atoms with van der Waals surface area (Å²) < 4.78 is 13.6. The molecule has 0 amide bonds. The van der Waals surface area contributed by atoms with Gasteiger partial charge in [-0.05, 0) is 30.0 Å². The first-order valence-corrected chi connectivity index (χ1v) is 8.03. The Labute approximate surface area is 136 Å². The molecule has 1 aliphatic rings. The number of benzene rings is 2. The highest BCUT2D eigenvalue weighted by molar-refractivity contribution is 5.80. The minimum Gasteiger partial charge on any atom is -0.356 e. The number of nitrogens with zero attached hydrogens (tertiary/aromatic N) is 1. The van der Waals surface area contributed by atoms with E-state index in [2.05, 4.69) is 39.9 Å². The summed E-state index contributed by atoms with van der Waals surface area (Å²) in [5.41, 5.74) is 2.09.